The highest BCUT2D eigenvalue weighted by Crippen LogP contribution is 2.27. The molecule has 0 fully saturated rings. The molecule has 2 N–H and O–H groups in total. The zero-order valence-corrected chi connectivity index (χ0v) is 20.9. The van der Waals surface area contributed by atoms with E-state index in [2.05, 4.69) is 20.0 Å². The summed E-state index contributed by atoms with van der Waals surface area (Å²) in [6.45, 7) is 1.72. The molecule has 0 unspecified atom stereocenters. The Labute approximate surface area is 218 Å². The second-order valence-electron chi connectivity index (χ2n) is 8.67. The van der Waals surface area contributed by atoms with Crippen LogP contribution in [0.1, 0.15) is 27.0 Å². The lowest BCUT2D eigenvalue weighted by atomic mass is 10.0. The normalized spacial score (nSPS) is 10.6. The molecule has 0 radical (unpaired) electrons. The minimum absolute atomic E-state index is 0.0121. The van der Waals surface area contributed by atoms with E-state index in [1.807, 2.05) is 31.2 Å². The second kappa shape index (κ2) is 12.0. The van der Waals surface area contributed by atoms with Gasteiger partial charge in [-0.25, -0.2) is 4.39 Å². The maximum Gasteiger partial charge on any atom is 0.325 e. The predicted molar refractivity (Wildman–Crippen MR) is 138 cm³/mol. The molecule has 1 amide bonds. The molecule has 2 aromatic heterocycles. The number of aryl methyl sites for hydroxylation is 1. The monoisotopic (exact) mass is 515 g/mol. The molecule has 0 spiro atoms. The van der Waals surface area contributed by atoms with Crippen LogP contribution in [0.5, 0.6) is 11.5 Å². The molecular weight excluding hydrogens is 489 g/mol. The highest BCUT2D eigenvalue weighted by atomic mass is 19.1. The van der Waals surface area contributed by atoms with Gasteiger partial charge in [-0.05, 0) is 36.2 Å². The number of methoxy groups -OCH3 is 1. The summed E-state index contributed by atoms with van der Waals surface area (Å²) in [4.78, 5) is 43.1. The summed E-state index contributed by atoms with van der Waals surface area (Å²) in [5.74, 6) is -0.933. The van der Waals surface area contributed by atoms with Crippen molar-refractivity contribution < 1.29 is 28.2 Å². The average Bonchev–Trinajstić information content (AvgIpc) is 3.39. The van der Waals surface area contributed by atoms with Gasteiger partial charge in [0.05, 0.1) is 24.1 Å². The number of benzene rings is 2. The van der Waals surface area contributed by atoms with Crippen LogP contribution < -0.4 is 10.1 Å². The fourth-order valence-corrected chi connectivity index (χ4v) is 3.82. The Hall–Kier alpha value is -4.79. The Morgan fingerprint density at radius 2 is 1.82 bits per heavy atom. The van der Waals surface area contributed by atoms with E-state index in [4.69, 9.17) is 4.74 Å². The van der Waals surface area contributed by atoms with Gasteiger partial charge in [0.1, 0.15) is 29.6 Å². The average molecular weight is 516 g/mol. The molecular formula is C29H26FN3O5. The lowest BCUT2D eigenvalue weighted by Gasteiger charge is -2.09. The van der Waals surface area contributed by atoms with Crippen molar-refractivity contribution >= 4 is 17.7 Å². The van der Waals surface area contributed by atoms with Gasteiger partial charge in [-0.3, -0.25) is 19.4 Å². The molecule has 4 rings (SSSR count). The molecule has 0 bridgehead atoms. The van der Waals surface area contributed by atoms with Crippen LogP contribution in [0.4, 0.5) is 4.39 Å². The predicted octanol–water partition coefficient (Wildman–Crippen LogP) is 4.57. The number of carbonyl (C=O) groups is 3. The van der Waals surface area contributed by atoms with E-state index in [0.717, 1.165) is 11.1 Å². The van der Waals surface area contributed by atoms with Crippen LogP contribution in [0.3, 0.4) is 0 Å². The molecule has 9 heteroatoms. The van der Waals surface area contributed by atoms with E-state index in [0.29, 0.717) is 28.3 Å². The fourth-order valence-electron chi connectivity index (χ4n) is 3.82. The number of H-pyrrole nitrogens is 1. The zero-order valence-electron chi connectivity index (χ0n) is 20.9. The van der Waals surface area contributed by atoms with Gasteiger partial charge < -0.3 is 19.8 Å². The van der Waals surface area contributed by atoms with E-state index in [1.165, 1.54) is 25.6 Å². The second-order valence-corrected chi connectivity index (χ2v) is 8.67. The van der Waals surface area contributed by atoms with Crippen molar-refractivity contribution in [2.75, 3.05) is 13.7 Å². The van der Waals surface area contributed by atoms with Crippen LogP contribution in [-0.4, -0.2) is 41.3 Å². The van der Waals surface area contributed by atoms with Crippen LogP contribution in [0, 0.1) is 12.7 Å². The Balaban J connectivity index is 1.39. The third kappa shape index (κ3) is 6.91. The van der Waals surface area contributed by atoms with Gasteiger partial charge in [0.2, 0.25) is 0 Å². The highest BCUT2D eigenvalue weighted by molar-refractivity contribution is 5.96. The summed E-state index contributed by atoms with van der Waals surface area (Å²) in [6, 6.07) is 16.9. The number of halogens is 1. The molecule has 0 saturated carbocycles. The molecule has 0 aliphatic heterocycles. The number of Topliss-reactive ketones (excluding diaryl/α,β-unsaturated/α-hetero) is 1. The summed E-state index contributed by atoms with van der Waals surface area (Å²) in [6.07, 6.45) is 3.25. The summed E-state index contributed by atoms with van der Waals surface area (Å²) < 4.78 is 25.1. The van der Waals surface area contributed by atoms with Crippen molar-refractivity contribution in [3.05, 3.63) is 101 Å². The number of nitrogens with zero attached hydrogens (tertiary/aromatic N) is 1. The smallest absolute Gasteiger partial charge is 0.325 e. The molecule has 2 heterocycles. The molecule has 38 heavy (non-hydrogen) atoms. The fraction of sp³-hybridized carbons (Fsp3) is 0.172. The van der Waals surface area contributed by atoms with Gasteiger partial charge in [-0.1, -0.05) is 35.9 Å². The molecule has 0 atom stereocenters. The summed E-state index contributed by atoms with van der Waals surface area (Å²) in [7, 11) is 1.24. The summed E-state index contributed by atoms with van der Waals surface area (Å²) >= 11 is 0. The van der Waals surface area contributed by atoms with Gasteiger partial charge >= 0.3 is 5.97 Å². The third-order valence-electron chi connectivity index (χ3n) is 5.71. The van der Waals surface area contributed by atoms with Crippen LogP contribution in [0.2, 0.25) is 0 Å². The Morgan fingerprint density at radius 3 is 2.58 bits per heavy atom. The van der Waals surface area contributed by atoms with Crippen molar-refractivity contribution in [3.8, 4) is 22.9 Å². The maximum atomic E-state index is 14.8. The van der Waals surface area contributed by atoms with Crippen molar-refractivity contribution in [3.63, 3.8) is 0 Å². The van der Waals surface area contributed by atoms with Crippen molar-refractivity contribution in [2.24, 2.45) is 0 Å². The Kier molecular flexibility index (Phi) is 8.27. The number of amides is 1. The van der Waals surface area contributed by atoms with E-state index in [1.54, 1.807) is 30.3 Å². The number of hydrogen-bond donors (Lipinski definition) is 2. The first-order chi connectivity index (χ1) is 18.3. The minimum atomic E-state index is -0.557. The third-order valence-corrected chi connectivity index (χ3v) is 5.71. The minimum Gasteiger partial charge on any atom is -0.468 e. The van der Waals surface area contributed by atoms with Gasteiger partial charge in [0, 0.05) is 37.4 Å². The lowest BCUT2D eigenvalue weighted by molar-refractivity contribution is -0.139. The van der Waals surface area contributed by atoms with Gasteiger partial charge in [0.15, 0.2) is 0 Å². The van der Waals surface area contributed by atoms with Gasteiger partial charge in [-0.2, -0.15) is 0 Å². The van der Waals surface area contributed by atoms with Crippen molar-refractivity contribution in [1.29, 1.82) is 0 Å². The Morgan fingerprint density at radius 1 is 1.00 bits per heavy atom. The van der Waals surface area contributed by atoms with Crippen LogP contribution in [0.25, 0.3) is 11.4 Å². The molecule has 8 nitrogen and oxygen atoms in total. The summed E-state index contributed by atoms with van der Waals surface area (Å²) in [5, 5.41) is 2.46. The Bertz CT molecular complexity index is 1480. The first-order valence-corrected chi connectivity index (χ1v) is 11.8. The van der Waals surface area contributed by atoms with Crippen molar-refractivity contribution in [2.45, 2.75) is 19.8 Å². The molecule has 0 aliphatic carbocycles. The van der Waals surface area contributed by atoms with Gasteiger partial charge in [-0.15, -0.1) is 0 Å². The SMILES string of the molecule is COC(=O)CNC(=O)c1c[nH]c(-c2cc(Oc3ccc(CC(=O)Cc4cccc(C)c4)c(F)c3)ccn2)c1. The first-order valence-electron chi connectivity index (χ1n) is 11.8. The first kappa shape index (κ1) is 26.3. The summed E-state index contributed by atoms with van der Waals surface area (Å²) in [5.41, 5.74) is 3.63. The van der Waals surface area contributed by atoms with E-state index >= 15 is 0 Å². The van der Waals surface area contributed by atoms with Crippen LogP contribution in [0.15, 0.2) is 73.1 Å². The number of rotatable bonds is 10. The number of pyridine rings is 1. The number of nitrogens with one attached hydrogen (secondary N) is 2. The molecule has 2 aromatic carbocycles. The van der Waals surface area contributed by atoms with Gasteiger partial charge in [0.25, 0.3) is 5.91 Å². The molecule has 194 valence electrons. The van der Waals surface area contributed by atoms with E-state index in [-0.39, 0.29) is 30.9 Å². The van der Waals surface area contributed by atoms with Crippen molar-refractivity contribution in [1.82, 2.24) is 15.3 Å². The zero-order chi connectivity index (χ0) is 27.1. The number of ketones is 1. The number of carbonyl (C=O) groups excluding carboxylic acids is 3. The molecule has 4 aromatic rings. The van der Waals surface area contributed by atoms with Crippen LogP contribution >= 0.6 is 0 Å². The number of hydrogen-bond acceptors (Lipinski definition) is 6. The van der Waals surface area contributed by atoms with Crippen LogP contribution in [-0.2, 0) is 27.2 Å². The highest BCUT2D eigenvalue weighted by Gasteiger charge is 2.14. The van der Waals surface area contributed by atoms with E-state index in [9.17, 15) is 18.8 Å². The standard InChI is InChI=1S/C29H26FN3O5/c1-18-4-3-5-19(10-18)11-22(34)12-20-6-7-23(14-25(20)30)38-24-8-9-31-27(15-24)26-13-21(16-32-26)29(36)33-17-28(35)37-2/h3-10,13-16,32H,11-12,17H2,1-2H3,(H,33,36). The topological polar surface area (TPSA) is 110 Å². The number of aromatic amines is 1. The number of aromatic nitrogens is 2. The van der Waals surface area contributed by atoms with E-state index < -0.39 is 17.7 Å². The number of esters is 1. The molecule has 0 aliphatic rings. The largest absolute Gasteiger partial charge is 0.468 e. The quantitative estimate of drug-likeness (QED) is 0.299. The maximum absolute atomic E-state index is 14.8. The lowest BCUT2D eigenvalue weighted by Crippen LogP contribution is -2.29. The molecule has 0 saturated heterocycles. The number of ether oxygens (including phenoxy) is 2.